The van der Waals surface area contributed by atoms with Crippen molar-refractivity contribution in [1.82, 2.24) is 15.0 Å². The molecule has 1 fully saturated rings. The number of rotatable bonds is 4. The third-order valence-corrected chi connectivity index (χ3v) is 5.09. The van der Waals surface area contributed by atoms with Gasteiger partial charge < -0.3 is 9.42 Å². The summed E-state index contributed by atoms with van der Waals surface area (Å²) in [6.07, 6.45) is 0.159. The molecule has 0 N–H and O–H groups in total. The van der Waals surface area contributed by atoms with Crippen molar-refractivity contribution >= 4 is 21.8 Å². The van der Waals surface area contributed by atoms with Crippen molar-refractivity contribution in [2.75, 3.05) is 6.54 Å². The molecule has 0 bridgehead atoms. The summed E-state index contributed by atoms with van der Waals surface area (Å²) in [6, 6.07) is 7.52. The number of hydrogen-bond donors (Lipinski definition) is 0. The fourth-order valence-electron chi connectivity index (χ4n) is 3.17. The second-order valence-corrected chi connectivity index (χ2v) is 7.39. The highest BCUT2D eigenvalue weighted by molar-refractivity contribution is 9.10. The number of nitrogens with zero attached hydrogens (tertiary/aromatic N) is 3. The molecule has 28 heavy (non-hydrogen) atoms. The van der Waals surface area contributed by atoms with Gasteiger partial charge in [0.2, 0.25) is 17.6 Å². The van der Waals surface area contributed by atoms with E-state index in [9.17, 15) is 18.0 Å². The Kier molecular flexibility index (Phi) is 4.92. The van der Waals surface area contributed by atoms with E-state index in [-0.39, 0.29) is 41.0 Å². The number of amides is 1. The molecule has 0 spiro atoms. The van der Waals surface area contributed by atoms with E-state index in [1.54, 1.807) is 0 Å². The van der Waals surface area contributed by atoms with Gasteiger partial charge in [-0.05, 0) is 51.8 Å². The molecule has 2 aromatic carbocycles. The Hall–Kier alpha value is -2.68. The van der Waals surface area contributed by atoms with Gasteiger partial charge in [0.25, 0.3) is 0 Å². The van der Waals surface area contributed by atoms with Crippen LogP contribution in [0.25, 0.3) is 11.4 Å². The summed E-state index contributed by atoms with van der Waals surface area (Å²) in [4.78, 5) is 18.1. The van der Waals surface area contributed by atoms with Gasteiger partial charge in [-0.2, -0.15) is 4.98 Å². The van der Waals surface area contributed by atoms with Crippen LogP contribution < -0.4 is 0 Å². The van der Waals surface area contributed by atoms with Gasteiger partial charge in [-0.15, -0.1) is 0 Å². The van der Waals surface area contributed by atoms with E-state index in [2.05, 4.69) is 26.1 Å². The summed E-state index contributed by atoms with van der Waals surface area (Å²) in [5.41, 5.74) is 0.938. The van der Waals surface area contributed by atoms with Crippen molar-refractivity contribution in [3.8, 4) is 11.4 Å². The van der Waals surface area contributed by atoms with Crippen LogP contribution in [-0.4, -0.2) is 27.5 Å². The third-order valence-electron chi connectivity index (χ3n) is 4.48. The Labute approximate surface area is 166 Å². The van der Waals surface area contributed by atoms with E-state index in [1.165, 1.54) is 35.2 Å². The summed E-state index contributed by atoms with van der Waals surface area (Å²) >= 11 is 3.11. The number of carbonyl (C=O) groups is 1. The zero-order valence-corrected chi connectivity index (χ0v) is 15.9. The molecule has 1 atom stereocenters. The molecule has 1 aromatic heterocycles. The molecule has 2 heterocycles. The molecule has 3 aromatic rings. The average Bonchev–Trinajstić information content (AvgIpc) is 3.24. The Morgan fingerprint density at radius 1 is 1.14 bits per heavy atom. The molecular weight excluding hydrogens is 439 g/mol. The summed E-state index contributed by atoms with van der Waals surface area (Å²) in [5, 5.41) is 3.90. The number of aromatic nitrogens is 2. The van der Waals surface area contributed by atoms with Crippen LogP contribution in [0.2, 0.25) is 0 Å². The van der Waals surface area contributed by atoms with Crippen LogP contribution in [0.5, 0.6) is 0 Å². The smallest absolute Gasteiger partial charge is 0.232 e. The van der Waals surface area contributed by atoms with Gasteiger partial charge >= 0.3 is 0 Å². The first-order valence-corrected chi connectivity index (χ1v) is 9.20. The molecule has 0 saturated carbocycles. The van der Waals surface area contributed by atoms with Crippen molar-refractivity contribution in [2.45, 2.75) is 18.9 Å². The summed E-state index contributed by atoms with van der Waals surface area (Å²) in [5.74, 6) is -1.70. The lowest BCUT2D eigenvalue weighted by Crippen LogP contribution is -2.24. The molecule has 1 aliphatic rings. The third kappa shape index (κ3) is 3.80. The second kappa shape index (κ2) is 7.38. The Balaban J connectivity index is 1.49. The van der Waals surface area contributed by atoms with Crippen LogP contribution in [0.15, 0.2) is 45.4 Å². The first-order chi connectivity index (χ1) is 13.4. The highest BCUT2D eigenvalue weighted by Crippen LogP contribution is 2.30. The zero-order chi connectivity index (χ0) is 19.8. The SMILES string of the molecule is O=C1CC(c2nc(-c3ccc(F)c(Br)c3)no2)CN1Cc1cc(F)cc(F)c1. The highest BCUT2D eigenvalue weighted by Gasteiger charge is 2.34. The van der Waals surface area contributed by atoms with E-state index in [0.29, 0.717) is 17.7 Å². The lowest BCUT2D eigenvalue weighted by Gasteiger charge is -2.16. The second-order valence-electron chi connectivity index (χ2n) is 6.54. The van der Waals surface area contributed by atoms with E-state index in [4.69, 9.17) is 4.52 Å². The quantitative estimate of drug-likeness (QED) is 0.588. The van der Waals surface area contributed by atoms with Crippen molar-refractivity contribution in [1.29, 1.82) is 0 Å². The lowest BCUT2D eigenvalue weighted by molar-refractivity contribution is -0.128. The molecule has 4 rings (SSSR count). The van der Waals surface area contributed by atoms with Crippen LogP contribution in [-0.2, 0) is 11.3 Å². The molecular formula is C19H13BrF3N3O2. The summed E-state index contributed by atoms with van der Waals surface area (Å²) in [7, 11) is 0. The molecule has 144 valence electrons. The van der Waals surface area contributed by atoms with Crippen LogP contribution in [0.3, 0.4) is 0 Å². The molecule has 1 saturated heterocycles. The topological polar surface area (TPSA) is 59.2 Å². The highest BCUT2D eigenvalue weighted by atomic mass is 79.9. The molecule has 0 radical (unpaired) electrons. The fourth-order valence-corrected chi connectivity index (χ4v) is 3.55. The first kappa shape index (κ1) is 18.7. The van der Waals surface area contributed by atoms with E-state index in [0.717, 1.165) is 6.07 Å². The molecule has 1 aliphatic heterocycles. The van der Waals surface area contributed by atoms with Gasteiger partial charge in [0.15, 0.2) is 0 Å². The minimum atomic E-state index is -0.690. The predicted molar refractivity (Wildman–Crippen MR) is 96.5 cm³/mol. The predicted octanol–water partition coefficient (Wildman–Crippen LogP) is 4.43. The van der Waals surface area contributed by atoms with Gasteiger partial charge in [0.05, 0.1) is 10.4 Å². The maximum atomic E-state index is 13.4. The lowest BCUT2D eigenvalue weighted by atomic mass is 10.1. The van der Waals surface area contributed by atoms with Crippen LogP contribution in [0.4, 0.5) is 13.2 Å². The summed E-state index contributed by atoms with van der Waals surface area (Å²) in [6.45, 7) is 0.391. The first-order valence-electron chi connectivity index (χ1n) is 8.41. The zero-order valence-electron chi connectivity index (χ0n) is 14.3. The van der Waals surface area contributed by atoms with Gasteiger partial charge in [-0.3, -0.25) is 4.79 Å². The summed E-state index contributed by atoms with van der Waals surface area (Å²) < 4.78 is 45.7. The van der Waals surface area contributed by atoms with Gasteiger partial charge in [0, 0.05) is 31.1 Å². The van der Waals surface area contributed by atoms with E-state index < -0.39 is 17.5 Å². The van der Waals surface area contributed by atoms with Crippen LogP contribution >= 0.6 is 15.9 Å². The minimum Gasteiger partial charge on any atom is -0.339 e. The van der Waals surface area contributed by atoms with Crippen molar-refractivity contribution in [3.05, 3.63) is 69.8 Å². The number of benzene rings is 2. The monoisotopic (exact) mass is 451 g/mol. The Morgan fingerprint density at radius 2 is 1.89 bits per heavy atom. The van der Waals surface area contributed by atoms with Gasteiger partial charge in [-0.25, -0.2) is 13.2 Å². The van der Waals surface area contributed by atoms with E-state index in [1.807, 2.05) is 0 Å². The van der Waals surface area contributed by atoms with Gasteiger partial charge in [-0.1, -0.05) is 5.16 Å². The Bertz CT molecular complexity index is 1040. The van der Waals surface area contributed by atoms with Crippen LogP contribution in [0, 0.1) is 17.5 Å². The van der Waals surface area contributed by atoms with Crippen molar-refractivity contribution in [2.24, 2.45) is 0 Å². The van der Waals surface area contributed by atoms with Crippen molar-refractivity contribution < 1.29 is 22.5 Å². The van der Waals surface area contributed by atoms with Crippen molar-refractivity contribution in [3.63, 3.8) is 0 Å². The number of hydrogen-bond acceptors (Lipinski definition) is 4. The van der Waals surface area contributed by atoms with Gasteiger partial charge in [0.1, 0.15) is 17.5 Å². The van der Waals surface area contributed by atoms with Crippen LogP contribution in [0.1, 0.15) is 23.8 Å². The molecule has 1 amide bonds. The maximum absolute atomic E-state index is 13.4. The average molecular weight is 452 g/mol. The fraction of sp³-hybridized carbons (Fsp3) is 0.211. The molecule has 9 heteroatoms. The van der Waals surface area contributed by atoms with E-state index >= 15 is 0 Å². The number of carbonyl (C=O) groups excluding carboxylic acids is 1. The maximum Gasteiger partial charge on any atom is 0.232 e. The largest absolute Gasteiger partial charge is 0.339 e. The Morgan fingerprint density at radius 3 is 2.61 bits per heavy atom. The molecule has 5 nitrogen and oxygen atoms in total. The molecule has 1 unspecified atom stereocenters. The number of halogens is 4. The standard InChI is InChI=1S/C19H13BrF3N3O2/c20-15-5-11(1-2-16(15)23)18-24-19(28-25-18)12-6-17(27)26(9-12)8-10-3-13(21)7-14(22)4-10/h1-5,7,12H,6,8-9H2. The normalized spacial score (nSPS) is 16.8. The molecule has 0 aliphatic carbocycles. The minimum absolute atomic E-state index is 0.0932. The number of likely N-dealkylation sites (tertiary alicyclic amines) is 1.